The molecule has 1 aromatic heterocycles. The van der Waals surface area contributed by atoms with Crippen LogP contribution < -0.4 is 0 Å². The lowest BCUT2D eigenvalue weighted by molar-refractivity contribution is -0.384. The Morgan fingerprint density at radius 3 is 2.37 bits per heavy atom. The highest BCUT2D eigenvalue weighted by Gasteiger charge is 2.56. The standard InChI is InChI=1S/C21H16ClN3O5/c22-16-7-5-13(25(28)29)9-15(16)17-8-6-14(30-17)10-23-24-20(26)18-11-1-2-12(4-3-11)19(18)21(24)27/h1-2,5-12,18-19H,3-4H2. The minimum Gasteiger partial charge on any atom is -0.455 e. The van der Waals surface area contributed by atoms with Crippen molar-refractivity contribution < 1.29 is 18.9 Å². The maximum Gasteiger partial charge on any atom is 0.270 e. The molecule has 1 saturated carbocycles. The van der Waals surface area contributed by atoms with E-state index in [0.717, 1.165) is 17.9 Å². The van der Waals surface area contributed by atoms with E-state index in [9.17, 15) is 19.7 Å². The molecular formula is C21H16ClN3O5. The molecule has 1 saturated heterocycles. The average molecular weight is 426 g/mol. The van der Waals surface area contributed by atoms with Gasteiger partial charge in [-0.3, -0.25) is 19.7 Å². The van der Waals surface area contributed by atoms with Gasteiger partial charge in [0, 0.05) is 17.7 Å². The molecule has 2 amide bonds. The maximum atomic E-state index is 12.8. The first-order valence-electron chi connectivity index (χ1n) is 9.58. The Balaban J connectivity index is 1.39. The van der Waals surface area contributed by atoms with Crippen molar-refractivity contribution in [2.75, 3.05) is 0 Å². The number of benzene rings is 1. The van der Waals surface area contributed by atoms with Gasteiger partial charge in [-0.05, 0) is 42.9 Å². The zero-order valence-corrected chi connectivity index (χ0v) is 16.4. The molecule has 2 bridgehead atoms. The molecule has 2 aromatic rings. The number of amides is 2. The largest absolute Gasteiger partial charge is 0.455 e. The lowest BCUT2D eigenvalue weighted by Gasteiger charge is -2.37. The average Bonchev–Trinajstić information content (AvgIpc) is 3.32. The van der Waals surface area contributed by atoms with Crippen LogP contribution in [-0.2, 0) is 9.59 Å². The molecule has 2 heterocycles. The van der Waals surface area contributed by atoms with Gasteiger partial charge in [-0.2, -0.15) is 10.1 Å². The summed E-state index contributed by atoms with van der Waals surface area (Å²) in [6.07, 6.45) is 7.25. The van der Waals surface area contributed by atoms with E-state index in [1.54, 1.807) is 12.1 Å². The number of rotatable bonds is 4. The monoisotopic (exact) mass is 425 g/mol. The number of fused-ring (bicyclic) bond motifs is 1. The zero-order chi connectivity index (χ0) is 21.0. The molecule has 4 atom stereocenters. The molecule has 0 N–H and O–H groups in total. The fourth-order valence-corrected chi connectivity index (χ4v) is 4.88. The number of carbonyl (C=O) groups is 2. The molecule has 2 fully saturated rings. The number of carbonyl (C=O) groups excluding carboxylic acids is 2. The molecule has 9 heteroatoms. The molecule has 0 radical (unpaired) electrons. The number of nitro groups is 1. The number of hydrogen-bond donors (Lipinski definition) is 0. The van der Waals surface area contributed by atoms with Crippen LogP contribution in [0.5, 0.6) is 0 Å². The summed E-state index contributed by atoms with van der Waals surface area (Å²) in [7, 11) is 0. The van der Waals surface area contributed by atoms with E-state index in [-0.39, 0.29) is 41.2 Å². The molecule has 8 nitrogen and oxygen atoms in total. The Morgan fingerprint density at radius 1 is 1.10 bits per heavy atom. The lowest BCUT2D eigenvalue weighted by Crippen LogP contribution is -2.38. The minimum absolute atomic E-state index is 0.0999. The van der Waals surface area contributed by atoms with Crippen molar-refractivity contribution >= 4 is 35.3 Å². The summed E-state index contributed by atoms with van der Waals surface area (Å²) in [4.78, 5) is 36.0. The second-order valence-electron chi connectivity index (χ2n) is 7.70. The molecule has 152 valence electrons. The SMILES string of the molecule is O=C1C2C3C=CC(CC3)C2C(=O)N1N=Cc1ccc(-c2cc([N+](=O)[O-])ccc2Cl)o1. The van der Waals surface area contributed by atoms with Crippen molar-refractivity contribution in [2.45, 2.75) is 12.8 Å². The molecule has 4 unspecified atom stereocenters. The first-order valence-corrected chi connectivity index (χ1v) is 9.96. The summed E-state index contributed by atoms with van der Waals surface area (Å²) in [5.41, 5.74) is 0.257. The quantitative estimate of drug-likeness (QED) is 0.241. The van der Waals surface area contributed by atoms with Crippen molar-refractivity contribution in [3.63, 3.8) is 0 Å². The van der Waals surface area contributed by atoms with Crippen LogP contribution in [0.2, 0.25) is 5.02 Å². The van der Waals surface area contributed by atoms with Crippen LogP contribution >= 0.6 is 11.6 Å². The molecular weight excluding hydrogens is 410 g/mol. The summed E-state index contributed by atoms with van der Waals surface area (Å²) in [6.45, 7) is 0. The van der Waals surface area contributed by atoms with E-state index in [0.29, 0.717) is 22.1 Å². The van der Waals surface area contributed by atoms with Crippen LogP contribution in [0.1, 0.15) is 18.6 Å². The van der Waals surface area contributed by atoms with Crippen LogP contribution in [-0.4, -0.2) is 28.0 Å². The third-order valence-electron chi connectivity index (χ3n) is 6.09. The summed E-state index contributed by atoms with van der Waals surface area (Å²) in [5.74, 6) is -0.374. The lowest BCUT2D eigenvalue weighted by atomic mass is 9.63. The van der Waals surface area contributed by atoms with Gasteiger partial charge in [-0.15, -0.1) is 0 Å². The van der Waals surface area contributed by atoms with Crippen molar-refractivity contribution in [3.8, 4) is 11.3 Å². The van der Waals surface area contributed by atoms with Gasteiger partial charge >= 0.3 is 0 Å². The normalized spacial score (nSPS) is 27.3. The van der Waals surface area contributed by atoms with Crippen LogP contribution in [0.15, 0.2) is 52.0 Å². The van der Waals surface area contributed by atoms with E-state index < -0.39 is 4.92 Å². The highest BCUT2D eigenvalue weighted by atomic mass is 35.5. The van der Waals surface area contributed by atoms with Crippen LogP contribution in [0.25, 0.3) is 11.3 Å². The van der Waals surface area contributed by atoms with E-state index in [1.807, 2.05) is 0 Å². The summed E-state index contributed by atoms with van der Waals surface area (Å²) in [6, 6.07) is 7.25. The van der Waals surface area contributed by atoms with E-state index in [2.05, 4.69) is 17.3 Å². The summed E-state index contributed by atoms with van der Waals surface area (Å²) >= 11 is 6.15. The van der Waals surface area contributed by atoms with E-state index in [4.69, 9.17) is 16.0 Å². The van der Waals surface area contributed by atoms with Crippen molar-refractivity contribution in [3.05, 3.63) is 63.4 Å². The van der Waals surface area contributed by atoms with Gasteiger partial charge in [0.2, 0.25) is 0 Å². The molecule has 0 spiro atoms. The van der Waals surface area contributed by atoms with Crippen molar-refractivity contribution in [1.29, 1.82) is 0 Å². The second kappa shape index (κ2) is 6.91. The van der Waals surface area contributed by atoms with Crippen LogP contribution in [0, 0.1) is 33.8 Å². The summed E-state index contributed by atoms with van der Waals surface area (Å²) in [5, 5.41) is 16.4. The van der Waals surface area contributed by atoms with Gasteiger partial charge in [0.05, 0.1) is 28.0 Å². The first-order chi connectivity index (χ1) is 14.4. The fraction of sp³-hybridized carbons (Fsp3) is 0.286. The summed E-state index contributed by atoms with van der Waals surface area (Å²) < 4.78 is 5.67. The van der Waals surface area contributed by atoms with Gasteiger partial charge in [0.25, 0.3) is 17.5 Å². The van der Waals surface area contributed by atoms with Gasteiger partial charge in [-0.1, -0.05) is 23.8 Å². The molecule has 1 aromatic carbocycles. The zero-order valence-electron chi connectivity index (χ0n) is 15.6. The van der Waals surface area contributed by atoms with Gasteiger partial charge in [0.15, 0.2) is 0 Å². The number of halogens is 1. The van der Waals surface area contributed by atoms with Crippen molar-refractivity contribution in [1.82, 2.24) is 5.01 Å². The molecule has 4 aliphatic rings. The number of imide groups is 1. The van der Waals surface area contributed by atoms with Gasteiger partial charge in [0.1, 0.15) is 11.5 Å². The Labute approximate surface area is 175 Å². The van der Waals surface area contributed by atoms with Crippen molar-refractivity contribution in [2.24, 2.45) is 28.8 Å². The number of non-ortho nitro benzene ring substituents is 1. The predicted molar refractivity (Wildman–Crippen MR) is 108 cm³/mol. The number of hydrazone groups is 1. The molecule has 30 heavy (non-hydrogen) atoms. The Morgan fingerprint density at radius 2 is 1.77 bits per heavy atom. The smallest absolute Gasteiger partial charge is 0.270 e. The number of allylic oxidation sites excluding steroid dienone is 2. The molecule has 3 aliphatic carbocycles. The number of nitrogens with zero attached hydrogens (tertiary/aromatic N) is 3. The van der Waals surface area contributed by atoms with E-state index >= 15 is 0 Å². The maximum absolute atomic E-state index is 12.8. The van der Waals surface area contributed by atoms with Crippen LogP contribution in [0.4, 0.5) is 5.69 Å². The highest BCUT2D eigenvalue weighted by molar-refractivity contribution is 6.33. The van der Waals surface area contributed by atoms with Gasteiger partial charge in [-0.25, -0.2) is 0 Å². The third-order valence-corrected chi connectivity index (χ3v) is 6.42. The molecule has 1 aliphatic heterocycles. The van der Waals surface area contributed by atoms with Gasteiger partial charge < -0.3 is 4.42 Å². The highest BCUT2D eigenvalue weighted by Crippen LogP contribution is 2.49. The molecule has 6 rings (SSSR count). The Kier molecular flexibility index (Phi) is 4.32. The Hall–Kier alpha value is -3.26. The van der Waals surface area contributed by atoms with E-state index in [1.165, 1.54) is 24.4 Å². The minimum atomic E-state index is -0.517. The van der Waals surface area contributed by atoms with Crippen LogP contribution in [0.3, 0.4) is 0 Å². The predicted octanol–water partition coefficient (Wildman–Crippen LogP) is 4.04. The number of hydrogen-bond acceptors (Lipinski definition) is 6. The number of furan rings is 1. The second-order valence-corrected chi connectivity index (χ2v) is 8.10. The number of nitro benzene ring substituents is 1. The topological polar surface area (TPSA) is 106 Å². The fourth-order valence-electron chi connectivity index (χ4n) is 4.67. The Bertz CT molecular complexity index is 1110. The third kappa shape index (κ3) is 2.87. The first kappa shape index (κ1) is 18.7.